The molecule has 0 saturated carbocycles. The third-order valence-corrected chi connectivity index (χ3v) is 5.16. The summed E-state index contributed by atoms with van der Waals surface area (Å²) >= 11 is 1.28. The number of halogens is 3. The Morgan fingerprint density at radius 1 is 1.14 bits per heavy atom. The van der Waals surface area contributed by atoms with Crippen molar-refractivity contribution in [2.24, 2.45) is 0 Å². The van der Waals surface area contributed by atoms with E-state index in [1.54, 1.807) is 17.5 Å². The number of carbonyl (C=O) groups is 2. The molecule has 2 amide bonds. The zero-order valence-electron chi connectivity index (χ0n) is 15.6. The van der Waals surface area contributed by atoms with E-state index in [1.807, 2.05) is 6.92 Å². The molecule has 0 unspecified atom stereocenters. The summed E-state index contributed by atoms with van der Waals surface area (Å²) < 4.78 is 44.3. The summed E-state index contributed by atoms with van der Waals surface area (Å²) in [7, 11) is 0. The number of imide groups is 1. The first-order valence-corrected chi connectivity index (χ1v) is 9.87. The fourth-order valence-electron chi connectivity index (χ4n) is 2.93. The second-order valence-electron chi connectivity index (χ2n) is 6.24. The summed E-state index contributed by atoms with van der Waals surface area (Å²) in [6.45, 7) is 2.95. The lowest BCUT2D eigenvalue weighted by Gasteiger charge is -2.15. The second kappa shape index (κ2) is 8.79. The van der Waals surface area contributed by atoms with Gasteiger partial charge in [0, 0.05) is 30.3 Å². The Morgan fingerprint density at radius 2 is 1.93 bits per heavy atom. The summed E-state index contributed by atoms with van der Waals surface area (Å²) in [4.78, 5) is 27.5. The van der Waals surface area contributed by atoms with Gasteiger partial charge in [-0.15, -0.1) is 11.3 Å². The first-order chi connectivity index (χ1) is 13.8. The summed E-state index contributed by atoms with van der Waals surface area (Å²) in [5.74, 6) is -1.03. The molecule has 0 atom stereocenters. The Kier molecular flexibility index (Phi) is 6.39. The zero-order chi connectivity index (χ0) is 21.0. The van der Waals surface area contributed by atoms with E-state index in [0.29, 0.717) is 24.5 Å². The summed E-state index contributed by atoms with van der Waals surface area (Å²) in [5.41, 5.74) is -0.612. The molecule has 29 heavy (non-hydrogen) atoms. The van der Waals surface area contributed by atoms with Gasteiger partial charge < -0.3 is 10.1 Å². The molecule has 0 spiro atoms. The number of nitrogens with zero attached hydrogens (tertiary/aromatic N) is 1. The summed E-state index contributed by atoms with van der Waals surface area (Å²) in [6, 6.07) is 7.96. The van der Waals surface area contributed by atoms with Crippen molar-refractivity contribution in [3.8, 4) is 0 Å². The maximum Gasteiger partial charge on any atom is 0.416 e. The van der Waals surface area contributed by atoms with Crippen molar-refractivity contribution in [2.45, 2.75) is 19.5 Å². The molecule has 0 saturated heterocycles. The minimum atomic E-state index is -4.51. The Bertz CT molecular complexity index is 923. The monoisotopic (exact) mass is 424 g/mol. The molecule has 3 rings (SSSR count). The van der Waals surface area contributed by atoms with Crippen LogP contribution in [0.5, 0.6) is 0 Å². The number of amides is 2. The fourth-order valence-corrected chi connectivity index (χ4v) is 3.70. The van der Waals surface area contributed by atoms with E-state index >= 15 is 0 Å². The Labute approximate surface area is 169 Å². The van der Waals surface area contributed by atoms with Crippen molar-refractivity contribution in [3.05, 3.63) is 57.9 Å². The van der Waals surface area contributed by atoms with Gasteiger partial charge in [-0.25, -0.2) is 0 Å². The maximum atomic E-state index is 13.0. The van der Waals surface area contributed by atoms with Crippen molar-refractivity contribution in [2.75, 3.05) is 25.1 Å². The molecule has 0 fully saturated rings. The van der Waals surface area contributed by atoms with E-state index in [1.165, 1.54) is 23.5 Å². The number of hydrogen-bond donors (Lipinski definition) is 1. The van der Waals surface area contributed by atoms with E-state index in [-0.39, 0.29) is 23.5 Å². The van der Waals surface area contributed by atoms with E-state index in [0.717, 1.165) is 17.0 Å². The molecule has 2 heterocycles. The SMILES string of the molecule is CCOCCCN1C(=O)C(Nc2cccc(C(F)(F)F)c2)=C(c2cccs2)C1=O. The number of nitrogens with one attached hydrogen (secondary N) is 1. The third kappa shape index (κ3) is 4.68. The number of thiophene rings is 1. The van der Waals surface area contributed by atoms with Gasteiger partial charge >= 0.3 is 6.18 Å². The smallest absolute Gasteiger partial charge is 0.382 e. The van der Waals surface area contributed by atoms with Crippen LogP contribution in [0.3, 0.4) is 0 Å². The number of ether oxygens (including phenoxy) is 1. The molecule has 1 aliphatic rings. The highest BCUT2D eigenvalue weighted by atomic mass is 32.1. The predicted octanol–water partition coefficient (Wildman–Crippen LogP) is 4.39. The molecule has 5 nitrogen and oxygen atoms in total. The molecule has 0 bridgehead atoms. The van der Waals surface area contributed by atoms with Crippen LogP contribution in [0.25, 0.3) is 5.57 Å². The van der Waals surface area contributed by atoms with Crippen molar-refractivity contribution in [1.82, 2.24) is 4.90 Å². The average Bonchev–Trinajstić information content (AvgIpc) is 3.27. The predicted molar refractivity (Wildman–Crippen MR) is 104 cm³/mol. The lowest BCUT2D eigenvalue weighted by Crippen LogP contribution is -2.34. The Balaban J connectivity index is 1.91. The van der Waals surface area contributed by atoms with Crippen LogP contribution in [-0.2, 0) is 20.5 Å². The fraction of sp³-hybridized carbons (Fsp3) is 0.300. The molecular formula is C20H19F3N2O3S. The largest absolute Gasteiger partial charge is 0.416 e. The highest BCUT2D eigenvalue weighted by Crippen LogP contribution is 2.35. The van der Waals surface area contributed by atoms with Gasteiger partial charge in [-0.2, -0.15) is 13.2 Å². The van der Waals surface area contributed by atoms with Gasteiger partial charge in [0.2, 0.25) is 0 Å². The van der Waals surface area contributed by atoms with Crippen LogP contribution in [0.4, 0.5) is 18.9 Å². The molecule has 0 radical (unpaired) electrons. The number of carbonyl (C=O) groups excluding carboxylic acids is 2. The van der Waals surface area contributed by atoms with Crippen molar-refractivity contribution >= 4 is 34.4 Å². The van der Waals surface area contributed by atoms with Crippen LogP contribution in [0.2, 0.25) is 0 Å². The first-order valence-electron chi connectivity index (χ1n) is 8.99. The van der Waals surface area contributed by atoms with Gasteiger partial charge in [0.15, 0.2) is 0 Å². The van der Waals surface area contributed by atoms with E-state index in [9.17, 15) is 22.8 Å². The molecule has 0 aliphatic carbocycles. The minimum Gasteiger partial charge on any atom is -0.382 e. The normalized spacial score (nSPS) is 14.8. The van der Waals surface area contributed by atoms with Crippen LogP contribution >= 0.6 is 11.3 Å². The molecular weight excluding hydrogens is 405 g/mol. The van der Waals surface area contributed by atoms with Crippen molar-refractivity contribution in [3.63, 3.8) is 0 Å². The van der Waals surface area contributed by atoms with Crippen molar-refractivity contribution < 1.29 is 27.5 Å². The van der Waals surface area contributed by atoms with Crippen molar-refractivity contribution in [1.29, 1.82) is 0 Å². The number of hydrogen-bond acceptors (Lipinski definition) is 5. The molecule has 1 aromatic heterocycles. The van der Waals surface area contributed by atoms with Crippen LogP contribution in [0.15, 0.2) is 47.5 Å². The number of benzene rings is 1. The van der Waals surface area contributed by atoms with Gasteiger partial charge in [0.05, 0.1) is 11.1 Å². The zero-order valence-corrected chi connectivity index (χ0v) is 16.4. The molecule has 9 heteroatoms. The number of alkyl halides is 3. The topological polar surface area (TPSA) is 58.6 Å². The molecule has 154 valence electrons. The Morgan fingerprint density at radius 3 is 2.59 bits per heavy atom. The average molecular weight is 424 g/mol. The Hall–Kier alpha value is -2.65. The minimum absolute atomic E-state index is 0.0202. The summed E-state index contributed by atoms with van der Waals surface area (Å²) in [5, 5.41) is 4.51. The van der Waals surface area contributed by atoms with Gasteiger partial charge in [0.1, 0.15) is 5.70 Å². The van der Waals surface area contributed by atoms with Gasteiger partial charge in [-0.05, 0) is 43.0 Å². The number of anilines is 1. The molecule has 2 aromatic rings. The molecule has 1 aromatic carbocycles. The summed E-state index contributed by atoms with van der Waals surface area (Å²) in [6.07, 6.45) is -4.04. The van der Waals surface area contributed by atoms with Crippen LogP contribution in [0, 0.1) is 0 Å². The third-order valence-electron chi connectivity index (χ3n) is 4.27. The van der Waals surface area contributed by atoms with E-state index < -0.39 is 23.6 Å². The van der Waals surface area contributed by atoms with Crippen LogP contribution in [-0.4, -0.2) is 36.5 Å². The highest BCUT2D eigenvalue weighted by molar-refractivity contribution is 7.11. The van der Waals surface area contributed by atoms with E-state index in [4.69, 9.17) is 4.74 Å². The lowest BCUT2D eigenvalue weighted by atomic mass is 10.1. The number of rotatable bonds is 8. The lowest BCUT2D eigenvalue weighted by molar-refractivity contribution is -0.138. The van der Waals surface area contributed by atoms with Gasteiger partial charge in [0.25, 0.3) is 11.8 Å². The van der Waals surface area contributed by atoms with Gasteiger partial charge in [-0.1, -0.05) is 12.1 Å². The van der Waals surface area contributed by atoms with Crippen LogP contribution < -0.4 is 5.32 Å². The quantitative estimate of drug-likeness (QED) is 0.505. The standard InChI is InChI=1S/C20H19F3N2O3S/c1-2-28-10-5-9-25-18(26)16(15-8-4-11-29-15)17(19(25)27)24-14-7-3-6-13(12-14)20(21,22)23/h3-4,6-8,11-12,24H,2,5,9-10H2,1H3. The van der Waals surface area contributed by atoms with Crippen LogP contribution in [0.1, 0.15) is 23.8 Å². The second-order valence-corrected chi connectivity index (χ2v) is 7.19. The van der Waals surface area contributed by atoms with Gasteiger partial charge in [-0.3, -0.25) is 14.5 Å². The highest BCUT2D eigenvalue weighted by Gasteiger charge is 2.39. The molecule has 1 aliphatic heterocycles. The van der Waals surface area contributed by atoms with E-state index in [2.05, 4.69) is 5.32 Å². The maximum absolute atomic E-state index is 13.0. The molecule has 1 N–H and O–H groups in total. The first kappa shape index (κ1) is 21.1.